The number of aliphatic hydroxyl groups excluding tert-OH is 1. The number of ether oxygens (including phenoxy) is 1. The second kappa shape index (κ2) is 9.59. The molecule has 4 aromatic rings. The predicted octanol–water partition coefficient (Wildman–Crippen LogP) is 5.62. The summed E-state index contributed by atoms with van der Waals surface area (Å²) in [6.07, 6.45) is 6.18. The van der Waals surface area contributed by atoms with Gasteiger partial charge in [0.05, 0.1) is 23.4 Å². The van der Waals surface area contributed by atoms with Crippen molar-refractivity contribution >= 4 is 16.6 Å². The van der Waals surface area contributed by atoms with E-state index in [9.17, 15) is 5.11 Å². The molecule has 2 aromatic heterocycles. The second-order valence-electron chi connectivity index (χ2n) is 9.84. The third-order valence-electron chi connectivity index (χ3n) is 7.43. The van der Waals surface area contributed by atoms with Gasteiger partial charge in [0, 0.05) is 36.1 Å². The molecule has 0 amide bonds. The minimum Gasteiger partial charge on any atom is -0.494 e. The Balaban J connectivity index is 1.44. The molecule has 0 spiro atoms. The number of fused-ring (bicyclic) bond motifs is 1. The molecule has 0 bridgehead atoms. The maximum absolute atomic E-state index is 10.4. The first kappa shape index (κ1) is 23.1. The molecule has 2 fully saturated rings. The van der Waals surface area contributed by atoms with Crippen LogP contribution in [0.2, 0.25) is 0 Å². The zero-order chi connectivity index (χ0) is 24.6. The molecule has 0 aliphatic heterocycles. The van der Waals surface area contributed by atoms with Crippen LogP contribution in [0.1, 0.15) is 57.4 Å². The maximum atomic E-state index is 10.4. The molecule has 8 nitrogen and oxygen atoms in total. The number of aliphatic hydroxyl groups is 1. The number of aryl methyl sites for hydroxylation is 1. The SMILES string of the molecule is CCOc1ccc2c(-c3nnc(C)o3)c(-c3ccc(NC(O)NC4CCC4)cc3)n(C3CCC3)c2c1. The van der Waals surface area contributed by atoms with Crippen molar-refractivity contribution in [1.29, 1.82) is 0 Å². The second-order valence-corrected chi connectivity index (χ2v) is 9.84. The fourth-order valence-electron chi connectivity index (χ4n) is 5.19. The summed E-state index contributed by atoms with van der Waals surface area (Å²) in [5.41, 5.74) is 5.07. The first-order chi connectivity index (χ1) is 17.6. The van der Waals surface area contributed by atoms with Crippen LogP contribution in [0.5, 0.6) is 5.75 Å². The molecule has 0 saturated heterocycles. The van der Waals surface area contributed by atoms with Crippen molar-refractivity contribution in [1.82, 2.24) is 20.1 Å². The van der Waals surface area contributed by atoms with Gasteiger partial charge < -0.3 is 24.1 Å². The number of nitrogens with zero attached hydrogens (tertiary/aromatic N) is 3. The normalized spacial score (nSPS) is 17.1. The van der Waals surface area contributed by atoms with Gasteiger partial charge in [-0.15, -0.1) is 10.2 Å². The Hall–Kier alpha value is -3.36. The quantitative estimate of drug-likeness (QED) is 0.264. The molecule has 8 heteroatoms. The Bertz CT molecular complexity index is 1350. The number of anilines is 1. The van der Waals surface area contributed by atoms with Crippen LogP contribution in [0.4, 0.5) is 5.69 Å². The molecule has 6 rings (SSSR count). The van der Waals surface area contributed by atoms with Crippen LogP contribution in [0.15, 0.2) is 46.9 Å². The summed E-state index contributed by atoms with van der Waals surface area (Å²) in [5, 5.41) is 26.4. The highest BCUT2D eigenvalue weighted by Crippen LogP contribution is 2.47. The molecule has 2 saturated carbocycles. The molecule has 188 valence electrons. The van der Waals surface area contributed by atoms with Crippen LogP contribution < -0.4 is 15.4 Å². The monoisotopic (exact) mass is 487 g/mol. The Kier molecular flexibility index (Phi) is 6.15. The molecule has 2 aliphatic carbocycles. The molecule has 1 unspecified atom stereocenters. The van der Waals surface area contributed by atoms with Crippen LogP contribution in [0.3, 0.4) is 0 Å². The van der Waals surface area contributed by atoms with Crippen molar-refractivity contribution in [2.75, 3.05) is 11.9 Å². The van der Waals surface area contributed by atoms with E-state index in [0.29, 0.717) is 30.5 Å². The fourth-order valence-corrected chi connectivity index (χ4v) is 5.19. The number of hydrogen-bond donors (Lipinski definition) is 3. The first-order valence-electron chi connectivity index (χ1n) is 13.0. The van der Waals surface area contributed by atoms with E-state index in [1.807, 2.05) is 32.0 Å². The summed E-state index contributed by atoms with van der Waals surface area (Å²) in [4.78, 5) is 0. The smallest absolute Gasteiger partial charge is 0.250 e. The van der Waals surface area contributed by atoms with E-state index < -0.39 is 6.35 Å². The van der Waals surface area contributed by atoms with E-state index in [2.05, 4.69) is 49.7 Å². The summed E-state index contributed by atoms with van der Waals surface area (Å²) >= 11 is 0. The largest absolute Gasteiger partial charge is 0.494 e. The van der Waals surface area contributed by atoms with E-state index in [-0.39, 0.29) is 0 Å². The lowest BCUT2D eigenvalue weighted by molar-refractivity contribution is 0.128. The minimum atomic E-state index is -0.767. The van der Waals surface area contributed by atoms with Gasteiger partial charge >= 0.3 is 0 Å². The van der Waals surface area contributed by atoms with Crippen LogP contribution in [-0.4, -0.2) is 38.9 Å². The third-order valence-corrected chi connectivity index (χ3v) is 7.43. The van der Waals surface area contributed by atoms with E-state index in [1.165, 1.54) is 12.8 Å². The van der Waals surface area contributed by atoms with E-state index in [4.69, 9.17) is 9.15 Å². The lowest BCUT2D eigenvalue weighted by atomic mass is 9.92. The van der Waals surface area contributed by atoms with Gasteiger partial charge in [0.2, 0.25) is 5.89 Å². The molecular weight excluding hydrogens is 454 g/mol. The van der Waals surface area contributed by atoms with Gasteiger partial charge in [0.15, 0.2) is 6.35 Å². The molecule has 2 heterocycles. The van der Waals surface area contributed by atoms with Crippen molar-refractivity contribution in [3.05, 3.63) is 48.4 Å². The molecule has 0 radical (unpaired) electrons. The van der Waals surface area contributed by atoms with E-state index in [1.54, 1.807) is 0 Å². The molecular formula is C28H33N5O3. The summed E-state index contributed by atoms with van der Waals surface area (Å²) in [6.45, 7) is 4.44. The van der Waals surface area contributed by atoms with Gasteiger partial charge in [-0.2, -0.15) is 0 Å². The average Bonchev–Trinajstić information content (AvgIpc) is 3.37. The summed E-state index contributed by atoms with van der Waals surface area (Å²) in [5.74, 6) is 1.92. The number of rotatable bonds is 9. The highest BCUT2D eigenvalue weighted by molar-refractivity contribution is 6.03. The van der Waals surface area contributed by atoms with Gasteiger partial charge in [0.1, 0.15) is 5.75 Å². The summed E-state index contributed by atoms with van der Waals surface area (Å²) < 4.78 is 14.3. The average molecular weight is 488 g/mol. The van der Waals surface area contributed by atoms with Crippen molar-refractivity contribution in [3.63, 3.8) is 0 Å². The van der Waals surface area contributed by atoms with Crippen molar-refractivity contribution in [3.8, 4) is 28.5 Å². The Labute approximate surface area is 210 Å². The number of benzene rings is 2. The number of aromatic nitrogens is 3. The van der Waals surface area contributed by atoms with Gasteiger partial charge in [-0.3, -0.25) is 5.32 Å². The van der Waals surface area contributed by atoms with Gasteiger partial charge in [-0.25, -0.2) is 0 Å². The maximum Gasteiger partial charge on any atom is 0.250 e. The highest BCUT2D eigenvalue weighted by Gasteiger charge is 2.30. The Morgan fingerprint density at radius 2 is 1.86 bits per heavy atom. The molecule has 1 atom stereocenters. The Morgan fingerprint density at radius 1 is 1.08 bits per heavy atom. The van der Waals surface area contributed by atoms with E-state index >= 15 is 0 Å². The minimum absolute atomic E-state index is 0.395. The van der Waals surface area contributed by atoms with Gasteiger partial charge in [-0.05, 0) is 68.9 Å². The topological polar surface area (TPSA) is 97.4 Å². The zero-order valence-electron chi connectivity index (χ0n) is 20.8. The van der Waals surface area contributed by atoms with Crippen LogP contribution in [0, 0.1) is 6.92 Å². The first-order valence-corrected chi connectivity index (χ1v) is 13.0. The van der Waals surface area contributed by atoms with Crippen molar-refractivity contribution in [2.45, 2.75) is 70.8 Å². The van der Waals surface area contributed by atoms with Crippen LogP contribution in [-0.2, 0) is 0 Å². The summed E-state index contributed by atoms with van der Waals surface area (Å²) in [6, 6.07) is 15.3. The number of nitrogens with one attached hydrogen (secondary N) is 2. The van der Waals surface area contributed by atoms with Crippen molar-refractivity contribution in [2.24, 2.45) is 0 Å². The standard InChI is InChI=1S/C28H33N5O3/c1-3-35-22-14-15-23-24(16-22)33(21-8-5-9-21)26(25(23)27-32-31-17(2)36-27)18-10-12-20(13-11-18)30-28(34)29-19-6-4-7-19/h10-16,19,21,28-30,34H,3-9H2,1-2H3. The van der Waals surface area contributed by atoms with Gasteiger partial charge in [0.25, 0.3) is 5.89 Å². The predicted molar refractivity (Wildman–Crippen MR) is 140 cm³/mol. The molecule has 36 heavy (non-hydrogen) atoms. The van der Waals surface area contributed by atoms with Crippen molar-refractivity contribution < 1.29 is 14.3 Å². The Morgan fingerprint density at radius 3 is 2.47 bits per heavy atom. The zero-order valence-corrected chi connectivity index (χ0v) is 20.8. The molecule has 2 aliphatic rings. The highest BCUT2D eigenvalue weighted by atomic mass is 16.5. The van der Waals surface area contributed by atoms with E-state index in [0.717, 1.165) is 64.8 Å². The van der Waals surface area contributed by atoms with Crippen LogP contribution >= 0.6 is 0 Å². The number of hydrogen-bond acceptors (Lipinski definition) is 7. The fraction of sp³-hybridized carbons (Fsp3) is 0.429. The van der Waals surface area contributed by atoms with Crippen LogP contribution in [0.25, 0.3) is 33.6 Å². The molecule has 3 N–H and O–H groups in total. The summed E-state index contributed by atoms with van der Waals surface area (Å²) in [7, 11) is 0. The lowest BCUT2D eigenvalue weighted by Crippen LogP contribution is -2.46. The van der Waals surface area contributed by atoms with Gasteiger partial charge in [-0.1, -0.05) is 18.6 Å². The third kappa shape index (κ3) is 4.24. The lowest BCUT2D eigenvalue weighted by Gasteiger charge is -2.30. The molecule has 2 aromatic carbocycles.